The highest BCUT2D eigenvalue weighted by molar-refractivity contribution is 9.10. The van der Waals surface area contributed by atoms with Gasteiger partial charge < -0.3 is 14.8 Å². The predicted molar refractivity (Wildman–Crippen MR) is 89.6 cm³/mol. The van der Waals surface area contributed by atoms with Crippen molar-refractivity contribution >= 4 is 27.5 Å². The number of benzene rings is 1. The van der Waals surface area contributed by atoms with Gasteiger partial charge in [-0.3, -0.25) is 4.79 Å². The number of carbonyl (C=O) groups excluding carboxylic acids is 1. The topological polar surface area (TPSA) is 37.3 Å². The van der Waals surface area contributed by atoms with E-state index < -0.39 is 0 Å². The molecule has 0 aliphatic rings. The fourth-order valence-corrected chi connectivity index (χ4v) is 2.64. The molecule has 1 aromatic carbocycles. The molecule has 0 saturated heterocycles. The third-order valence-corrected chi connectivity index (χ3v) is 3.58. The van der Waals surface area contributed by atoms with Crippen LogP contribution in [0.4, 0.5) is 5.69 Å². The minimum absolute atomic E-state index is 0.0945. The molecular weight excluding hydrogens is 330 g/mol. The van der Waals surface area contributed by atoms with E-state index in [1.165, 1.54) is 5.56 Å². The molecular formula is C16H20BrN3O. The van der Waals surface area contributed by atoms with E-state index in [-0.39, 0.29) is 5.91 Å². The van der Waals surface area contributed by atoms with Crippen molar-refractivity contribution in [2.75, 3.05) is 19.4 Å². The van der Waals surface area contributed by atoms with Gasteiger partial charge in [0.15, 0.2) is 0 Å². The number of hydrogen-bond acceptors (Lipinski definition) is 2. The smallest absolute Gasteiger partial charge is 0.272 e. The van der Waals surface area contributed by atoms with Gasteiger partial charge >= 0.3 is 0 Å². The minimum Gasteiger partial charge on any atom is -0.343 e. The number of aromatic nitrogens is 1. The van der Waals surface area contributed by atoms with Crippen molar-refractivity contribution in [1.29, 1.82) is 0 Å². The van der Waals surface area contributed by atoms with Crippen molar-refractivity contribution in [3.8, 4) is 0 Å². The van der Waals surface area contributed by atoms with E-state index in [2.05, 4.69) is 26.1 Å². The summed E-state index contributed by atoms with van der Waals surface area (Å²) >= 11 is 3.40. The summed E-state index contributed by atoms with van der Waals surface area (Å²) in [4.78, 5) is 14.4. The van der Waals surface area contributed by atoms with Gasteiger partial charge in [0, 0.05) is 29.4 Å². The van der Waals surface area contributed by atoms with E-state index in [1.807, 2.05) is 62.1 Å². The molecule has 0 bridgehead atoms. The Morgan fingerprint density at radius 1 is 1.29 bits per heavy atom. The zero-order valence-corrected chi connectivity index (χ0v) is 14.1. The first-order valence-electron chi connectivity index (χ1n) is 6.90. The van der Waals surface area contributed by atoms with E-state index in [0.717, 1.165) is 23.2 Å². The van der Waals surface area contributed by atoms with Crippen LogP contribution in [0.5, 0.6) is 0 Å². The highest BCUT2D eigenvalue weighted by Crippen LogP contribution is 2.17. The maximum absolute atomic E-state index is 12.3. The quantitative estimate of drug-likeness (QED) is 0.895. The van der Waals surface area contributed by atoms with Crippen LogP contribution < -0.4 is 5.32 Å². The molecule has 4 nitrogen and oxygen atoms in total. The third kappa shape index (κ3) is 4.19. The number of hydrogen-bond donors (Lipinski definition) is 1. The van der Waals surface area contributed by atoms with Gasteiger partial charge in [0.1, 0.15) is 5.69 Å². The highest BCUT2D eigenvalue weighted by Gasteiger charge is 2.12. The van der Waals surface area contributed by atoms with Crippen molar-refractivity contribution in [3.05, 3.63) is 52.3 Å². The first kappa shape index (κ1) is 15.8. The second kappa shape index (κ2) is 6.91. The van der Waals surface area contributed by atoms with Crippen LogP contribution in [-0.4, -0.2) is 29.5 Å². The molecule has 0 radical (unpaired) electrons. The van der Waals surface area contributed by atoms with Gasteiger partial charge in [-0.2, -0.15) is 0 Å². The second-order valence-corrected chi connectivity index (χ2v) is 6.13. The summed E-state index contributed by atoms with van der Waals surface area (Å²) in [6.45, 7) is 3.66. The lowest BCUT2D eigenvalue weighted by Crippen LogP contribution is -2.16. The number of nitrogens with one attached hydrogen (secondary N) is 1. The molecule has 0 aliphatic carbocycles. The van der Waals surface area contributed by atoms with Crippen molar-refractivity contribution in [3.63, 3.8) is 0 Å². The van der Waals surface area contributed by atoms with Crippen molar-refractivity contribution in [2.24, 2.45) is 0 Å². The van der Waals surface area contributed by atoms with Crippen LogP contribution >= 0.6 is 15.9 Å². The number of rotatable bonds is 5. The lowest BCUT2D eigenvalue weighted by molar-refractivity contribution is 0.101. The summed E-state index contributed by atoms with van der Waals surface area (Å²) in [6, 6.07) is 9.77. The Kier molecular flexibility index (Phi) is 5.20. The molecule has 0 saturated carbocycles. The number of amides is 1. The van der Waals surface area contributed by atoms with Crippen LogP contribution in [0.2, 0.25) is 0 Å². The SMILES string of the molecule is CCn1cc(Br)cc1C(=O)Nc1ccc(CN(C)C)cc1. The number of anilines is 1. The van der Waals surface area contributed by atoms with Gasteiger partial charge in [0.2, 0.25) is 0 Å². The number of halogens is 1. The molecule has 1 amide bonds. The molecule has 0 unspecified atom stereocenters. The fraction of sp³-hybridized carbons (Fsp3) is 0.312. The average Bonchev–Trinajstić information content (AvgIpc) is 2.82. The molecule has 2 aromatic rings. The Hall–Kier alpha value is -1.59. The summed E-state index contributed by atoms with van der Waals surface area (Å²) in [7, 11) is 4.07. The Balaban J connectivity index is 2.08. The molecule has 0 atom stereocenters. The second-order valence-electron chi connectivity index (χ2n) is 5.22. The van der Waals surface area contributed by atoms with E-state index >= 15 is 0 Å². The van der Waals surface area contributed by atoms with Gasteiger partial charge in [0.25, 0.3) is 5.91 Å². The summed E-state index contributed by atoms with van der Waals surface area (Å²) in [6.07, 6.45) is 1.91. The molecule has 112 valence electrons. The van der Waals surface area contributed by atoms with Gasteiger partial charge in [-0.1, -0.05) is 12.1 Å². The Morgan fingerprint density at radius 2 is 1.95 bits per heavy atom. The van der Waals surface area contributed by atoms with Crippen molar-refractivity contribution in [1.82, 2.24) is 9.47 Å². The molecule has 0 aliphatic heterocycles. The van der Waals surface area contributed by atoms with Gasteiger partial charge in [-0.05, 0) is 60.7 Å². The molecule has 0 fully saturated rings. The summed E-state index contributed by atoms with van der Waals surface area (Å²) in [5, 5.41) is 2.93. The molecule has 0 spiro atoms. The predicted octanol–water partition coefficient (Wildman–Crippen LogP) is 3.58. The van der Waals surface area contributed by atoms with E-state index in [9.17, 15) is 4.79 Å². The zero-order valence-electron chi connectivity index (χ0n) is 12.6. The average molecular weight is 350 g/mol. The lowest BCUT2D eigenvalue weighted by atomic mass is 10.2. The van der Waals surface area contributed by atoms with Crippen LogP contribution in [-0.2, 0) is 13.1 Å². The number of carbonyl (C=O) groups is 1. The zero-order chi connectivity index (χ0) is 15.4. The summed E-state index contributed by atoms with van der Waals surface area (Å²) < 4.78 is 2.83. The van der Waals surface area contributed by atoms with E-state index in [1.54, 1.807) is 0 Å². The van der Waals surface area contributed by atoms with Crippen LogP contribution in [0.15, 0.2) is 41.0 Å². The fourth-order valence-electron chi connectivity index (χ4n) is 2.18. The normalized spacial score (nSPS) is 10.9. The minimum atomic E-state index is -0.0945. The standard InChI is InChI=1S/C16H20BrN3O/c1-4-20-11-13(17)9-15(20)16(21)18-14-7-5-12(6-8-14)10-19(2)3/h5-9,11H,4,10H2,1-3H3,(H,18,21). The van der Waals surface area contributed by atoms with E-state index in [0.29, 0.717) is 5.69 Å². The first-order chi connectivity index (χ1) is 9.99. The summed E-state index contributed by atoms with van der Waals surface area (Å²) in [5.74, 6) is -0.0945. The van der Waals surface area contributed by atoms with Crippen molar-refractivity contribution < 1.29 is 4.79 Å². The number of nitrogens with zero attached hydrogens (tertiary/aromatic N) is 2. The Bertz CT molecular complexity index is 617. The molecule has 1 heterocycles. The maximum atomic E-state index is 12.3. The van der Waals surface area contributed by atoms with Gasteiger partial charge in [-0.15, -0.1) is 0 Å². The first-order valence-corrected chi connectivity index (χ1v) is 7.69. The van der Waals surface area contributed by atoms with E-state index in [4.69, 9.17) is 0 Å². The molecule has 5 heteroatoms. The molecule has 2 rings (SSSR count). The highest BCUT2D eigenvalue weighted by atomic mass is 79.9. The third-order valence-electron chi connectivity index (χ3n) is 3.15. The largest absolute Gasteiger partial charge is 0.343 e. The monoisotopic (exact) mass is 349 g/mol. The molecule has 1 N–H and O–H groups in total. The maximum Gasteiger partial charge on any atom is 0.272 e. The van der Waals surface area contributed by atoms with Gasteiger partial charge in [-0.25, -0.2) is 0 Å². The summed E-state index contributed by atoms with van der Waals surface area (Å²) in [5.41, 5.74) is 2.68. The molecule has 1 aromatic heterocycles. The van der Waals surface area contributed by atoms with Crippen molar-refractivity contribution in [2.45, 2.75) is 20.0 Å². The van der Waals surface area contributed by atoms with Crippen LogP contribution in [0.25, 0.3) is 0 Å². The van der Waals surface area contributed by atoms with Crippen LogP contribution in [0.1, 0.15) is 23.0 Å². The van der Waals surface area contributed by atoms with Crippen LogP contribution in [0.3, 0.4) is 0 Å². The van der Waals surface area contributed by atoms with Crippen LogP contribution in [0, 0.1) is 0 Å². The number of aryl methyl sites for hydroxylation is 1. The lowest BCUT2D eigenvalue weighted by Gasteiger charge is -2.11. The van der Waals surface area contributed by atoms with Gasteiger partial charge in [0.05, 0.1) is 0 Å². The Labute approximate surface area is 133 Å². The molecule has 21 heavy (non-hydrogen) atoms. The Morgan fingerprint density at radius 3 is 2.52 bits per heavy atom.